The maximum Gasteiger partial charge on any atom is 0.335 e. The van der Waals surface area contributed by atoms with Gasteiger partial charge in [0.15, 0.2) is 0 Å². The second-order valence-corrected chi connectivity index (χ2v) is 4.95. The Kier molecular flexibility index (Phi) is 3.06. The van der Waals surface area contributed by atoms with Crippen molar-refractivity contribution in [2.75, 3.05) is 23.3 Å². The number of fused-ring (bicyclic) bond motifs is 1. The lowest BCUT2D eigenvalue weighted by Crippen LogP contribution is -2.30. The van der Waals surface area contributed by atoms with Gasteiger partial charge in [-0.15, -0.1) is 0 Å². The van der Waals surface area contributed by atoms with Crippen molar-refractivity contribution in [2.45, 2.75) is 6.92 Å². The van der Waals surface area contributed by atoms with Crippen molar-refractivity contribution in [1.29, 1.82) is 0 Å². The summed E-state index contributed by atoms with van der Waals surface area (Å²) in [5, 5.41) is 12.3. The Morgan fingerprint density at radius 2 is 2.10 bits per heavy atom. The minimum absolute atomic E-state index is 0.308. The molecule has 0 saturated carbocycles. The Balaban J connectivity index is 2.04. The van der Waals surface area contributed by atoms with Gasteiger partial charge in [0.1, 0.15) is 0 Å². The van der Waals surface area contributed by atoms with Crippen LogP contribution in [-0.4, -0.2) is 24.2 Å². The molecule has 0 unspecified atom stereocenters. The standard InChI is InChI=1S/C16H16N2O2/c1-11-3-2-4-13(9-11)18-8-7-17-14-10-12(16(19)20)5-6-15(14)18/h2-6,9-10,17H,7-8H2,1H3,(H,19,20). The number of hydrogen-bond donors (Lipinski definition) is 2. The third-order valence-corrected chi connectivity index (χ3v) is 3.50. The van der Waals surface area contributed by atoms with Gasteiger partial charge in [0, 0.05) is 18.8 Å². The molecule has 4 nitrogen and oxygen atoms in total. The predicted octanol–water partition coefficient (Wildman–Crippen LogP) is 3.26. The highest BCUT2D eigenvalue weighted by atomic mass is 16.4. The number of hydrogen-bond acceptors (Lipinski definition) is 3. The van der Waals surface area contributed by atoms with Gasteiger partial charge in [-0.2, -0.15) is 0 Å². The van der Waals surface area contributed by atoms with E-state index in [1.165, 1.54) is 5.56 Å². The summed E-state index contributed by atoms with van der Waals surface area (Å²) >= 11 is 0. The van der Waals surface area contributed by atoms with Crippen LogP contribution >= 0.6 is 0 Å². The summed E-state index contributed by atoms with van der Waals surface area (Å²) in [6.45, 7) is 3.73. The van der Waals surface area contributed by atoms with Gasteiger partial charge in [0.2, 0.25) is 0 Å². The molecule has 20 heavy (non-hydrogen) atoms. The second kappa shape index (κ2) is 4.89. The van der Waals surface area contributed by atoms with E-state index in [1.807, 2.05) is 12.1 Å². The minimum Gasteiger partial charge on any atom is -0.478 e. The van der Waals surface area contributed by atoms with Gasteiger partial charge in [0.25, 0.3) is 0 Å². The lowest BCUT2D eigenvalue weighted by molar-refractivity contribution is 0.0697. The molecule has 2 aromatic rings. The summed E-state index contributed by atoms with van der Waals surface area (Å²) in [5.74, 6) is -0.901. The van der Waals surface area contributed by atoms with E-state index in [-0.39, 0.29) is 0 Å². The van der Waals surface area contributed by atoms with Crippen LogP contribution in [0.3, 0.4) is 0 Å². The van der Waals surface area contributed by atoms with Crippen LogP contribution in [-0.2, 0) is 0 Å². The molecule has 3 rings (SSSR count). The largest absolute Gasteiger partial charge is 0.478 e. The number of nitrogens with one attached hydrogen (secondary N) is 1. The molecule has 0 atom stereocenters. The lowest BCUT2D eigenvalue weighted by Gasteiger charge is -2.32. The first-order valence-corrected chi connectivity index (χ1v) is 6.60. The highest BCUT2D eigenvalue weighted by molar-refractivity contribution is 5.92. The third-order valence-electron chi connectivity index (χ3n) is 3.50. The Bertz CT molecular complexity index is 667. The Morgan fingerprint density at radius 1 is 1.25 bits per heavy atom. The summed E-state index contributed by atoms with van der Waals surface area (Å²) in [7, 11) is 0. The Morgan fingerprint density at radius 3 is 2.85 bits per heavy atom. The first kappa shape index (κ1) is 12.5. The fourth-order valence-electron chi connectivity index (χ4n) is 2.53. The van der Waals surface area contributed by atoms with Crippen LogP contribution in [0.4, 0.5) is 17.1 Å². The Hall–Kier alpha value is -2.49. The monoisotopic (exact) mass is 268 g/mol. The minimum atomic E-state index is -0.901. The molecule has 0 amide bonds. The van der Waals surface area contributed by atoms with Crippen LogP contribution in [0, 0.1) is 6.92 Å². The molecule has 1 aliphatic heterocycles. The Labute approximate surface area is 117 Å². The first-order chi connectivity index (χ1) is 9.65. The number of rotatable bonds is 2. The number of benzene rings is 2. The molecule has 0 spiro atoms. The molecule has 0 saturated heterocycles. The van der Waals surface area contributed by atoms with E-state index >= 15 is 0 Å². The van der Waals surface area contributed by atoms with E-state index < -0.39 is 5.97 Å². The predicted molar refractivity (Wildman–Crippen MR) is 80.1 cm³/mol. The molecule has 0 radical (unpaired) electrons. The third kappa shape index (κ3) is 2.20. The van der Waals surface area contributed by atoms with E-state index in [2.05, 4.69) is 35.3 Å². The van der Waals surface area contributed by atoms with Gasteiger partial charge >= 0.3 is 5.97 Å². The zero-order valence-electron chi connectivity index (χ0n) is 11.3. The molecule has 102 valence electrons. The quantitative estimate of drug-likeness (QED) is 0.877. The fourth-order valence-corrected chi connectivity index (χ4v) is 2.53. The van der Waals surface area contributed by atoms with Crippen molar-refractivity contribution in [3.8, 4) is 0 Å². The number of aromatic carboxylic acids is 1. The van der Waals surface area contributed by atoms with Gasteiger partial charge < -0.3 is 15.3 Å². The van der Waals surface area contributed by atoms with Crippen LogP contribution in [0.1, 0.15) is 15.9 Å². The molecule has 1 aliphatic rings. The van der Waals surface area contributed by atoms with Gasteiger partial charge in [-0.25, -0.2) is 4.79 Å². The molecule has 0 bridgehead atoms. The number of carboxylic acids is 1. The average molecular weight is 268 g/mol. The van der Waals surface area contributed by atoms with E-state index in [0.29, 0.717) is 5.56 Å². The van der Waals surface area contributed by atoms with E-state index in [1.54, 1.807) is 12.1 Å². The van der Waals surface area contributed by atoms with Crippen LogP contribution in [0.15, 0.2) is 42.5 Å². The fraction of sp³-hybridized carbons (Fsp3) is 0.188. The number of aryl methyl sites for hydroxylation is 1. The zero-order chi connectivity index (χ0) is 14.1. The van der Waals surface area contributed by atoms with Crippen LogP contribution < -0.4 is 10.2 Å². The van der Waals surface area contributed by atoms with Crippen molar-refractivity contribution in [2.24, 2.45) is 0 Å². The molecule has 0 fully saturated rings. The molecule has 2 aromatic carbocycles. The normalized spacial score (nSPS) is 13.6. The summed E-state index contributed by atoms with van der Waals surface area (Å²) in [4.78, 5) is 13.3. The van der Waals surface area contributed by atoms with E-state index in [4.69, 9.17) is 5.11 Å². The van der Waals surface area contributed by atoms with Crippen molar-refractivity contribution >= 4 is 23.0 Å². The van der Waals surface area contributed by atoms with Gasteiger partial charge in [-0.05, 0) is 42.8 Å². The molecule has 0 aliphatic carbocycles. The lowest BCUT2D eigenvalue weighted by atomic mass is 10.1. The molecular formula is C16H16N2O2. The summed E-state index contributed by atoms with van der Waals surface area (Å²) in [5.41, 5.74) is 4.55. The molecular weight excluding hydrogens is 252 g/mol. The topological polar surface area (TPSA) is 52.6 Å². The number of carbonyl (C=O) groups is 1. The maximum atomic E-state index is 11.0. The first-order valence-electron chi connectivity index (χ1n) is 6.60. The van der Waals surface area contributed by atoms with Gasteiger partial charge in [-0.1, -0.05) is 12.1 Å². The number of anilines is 3. The van der Waals surface area contributed by atoms with Gasteiger partial charge in [-0.3, -0.25) is 0 Å². The molecule has 0 aromatic heterocycles. The molecule has 1 heterocycles. The van der Waals surface area contributed by atoms with Crippen molar-refractivity contribution in [3.63, 3.8) is 0 Å². The molecule has 2 N–H and O–H groups in total. The smallest absolute Gasteiger partial charge is 0.335 e. The summed E-state index contributed by atoms with van der Waals surface area (Å²) < 4.78 is 0. The summed E-state index contributed by atoms with van der Waals surface area (Å²) in [6.07, 6.45) is 0. The summed E-state index contributed by atoms with van der Waals surface area (Å²) in [6, 6.07) is 13.5. The van der Waals surface area contributed by atoms with E-state index in [9.17, 15) is 4.79 Å². The SMILES string of the molecule is Cc1cccc(N2CCNc3cc(C(=O)O)ccc32)c1. The average Bonchev–Trinajstić information content (AvgIpc) is 2.46. The van der Waals surface area contributed by atoms with Crippen LogP contribution in [0.25, 0.3) is 0 Å². The van der Waals surface area contributed by atoms with Gasteiger partial charge in [0.05, 0.1) is 16.9 Å². The zero-order valence-corrected chi connectivity index (χ0v) is 11.3. The highest BCUT2D eigenvalue weighted by Gasteiger charge is 2.19. The maximum absolute atomic E-state index is 11.0. The van der Waals surface area contributed by atoms with Crippen molar-refractivity contribution in [3.05, 3.63) is 53.6 Å². The number of carboxylic acid groups (broad SMARTS) is 1. The van der Waals surface area contributed by atoms with Crippen molar-refractivity contribution in [1.82, 2.24) is 0 Å². The highest BCUT2D eigenvalue weighted by Crippen LogP contribution is 2.35. The number of nitrogens with zero attached hydrogens (tertiary/aromatic N) is 1. The van der Waals surface area contributed by atoms with Crippen LogP contribution in [0.5, 0.6) is 0 Å². The van der Waals surface area contributed by atoms with E-state index in [0.717, 1.165) is 30.2 Å². The van der Waals surface area contributed by atoms with Crippen molar-refractivity contribution < 1.29 is 9.90 Å². The van der Waals surface area contributed by atoms with Crippen LogP contribution in [0.2, 0.25) is 0 Å². The molecule has 4 heteroatoms. The second-order valence-electron chi connectivity index (χ2n) is 4.95.